The van der Waals surface area contributed by atoms with Gasteiger partial charge in [-0.3, -0.25) is 4.99 Å². The van der Waals surface area contributed by atoms with E-state index in [0.717, 1.165) is 5.69 Å². The van der Waals surface area contributed by atoms with Gasteiger partial charge in [0.15, 0.2) is 5.96 Å². The summed E-state index contributed by atoms with van der Waals surface area (Å²) in [7, 11) is 1.65. The summed E-state index contributed by atoms with van der Waals surface area (Å²) in [4.78, 5) is 4.05. The second kappa shape index (κ2) is 6.53. The van der Waals surface area contributed by atoms with Gasteiger partial charge in [0, 0.05) is 25.2 Å². The maximum atomic E-state index is 13.4. The summed E-state index contributed by atoms with van der Waals surface area (Å²) in [6.07, 6.45) is 1.51. The SMILES string of the molecule is CN=C(NCc1ccon1)NCc1ccccc1F. The van der Waals surface area contributed by atoms with Gasteiger partial charge in [0.1, 0.15) is 17.8 Å². The Morgan fingerprint density at radius 1 is 1.26 bits per heavy atom. The number of nitrogens with one attached hydrogen (secondary N) is 2. The van der Waals surface area contributed by atoms with Crippen molar-refractivity contribution >= 4 is 5.96 Å². The molecule has 0 spiro atoms. The highest BCUT2D eigenvalue weighted by atomic mass is 19.1. The Bertz CT molecular complexity index is 539. The Kier molecular flexibility index (Phi) is 4.49. The maximum Gasteiger partial charge on any atom is 0.191 e. The third-order valence-electron chi connectivity index (χ3n) is 2.56. The summed E-state index contributed by atoms with van der Waals surface area (Å²) in [5, 5.41) is 9.86. The molecule has 0 aliphatic carbocycles. The second-order valence-corrected chi connectivity index (χ2v) is 3.86. The van der Waals surface area contributed by atoms with E-state index in [1.807, 2.05) is 0 Å². The molecule has 0 aliphatic heterocycles. The van der Waals surface area contributed by atoms with E-state index >= 15 is 0 Å². The summed E-state index contributed by atoms with van der Waals surface area (Å²) in [6.45, 7) is 0.860. The van der Waals surface area contributed by atoms with Crippen LogP contribution in [0.3, 0.4) is 0 Å². The molecule has 0 bridgehead atoms. The molecule has 6 heteroatoms. The number of hydrogen-bond acceptors (Lipinski definition) is 3. The van der Waals surface area contributed by atoms with Crippen molar-refractivity contribution in [2.75, 3.05) is 7.05 Å². The van der Waals surface area contributed by atoms with Crippen LogP contribution < -0.4 is 10.6 Å². The lowest BCUT2D eigenvalue weighted by molar-refractivity contribution is 0.410. The first-order valence-electron chi connectivity index (χ1n) is 5.87. The molecular formula is C13H15FN4O. The van der Waals surface area contributed by atoms with Gasteiger partial charge in [-0.15, -0.1) is 0 Å². The van der Waals surface area contributed by atoms with E-state index in [0.29, 0.717) is 24.6 Å². The van der Waals surface area contributed by atoms with Gasteiger partial charge in [-0.25, -0.2) is 4.39 Å². The first-order chi connectivity index (χ1) is 9.29. The zero-order valence-corrected chi connectivity index (χ0v) is 10.6. The van der Waals surface area contributed by atoms with Crippen LogP contribution in [0.1, 0.15) is 11.3 Å². The zero-order valence-electron chi connectivity index (χ0n) is 10.6. The number of hydrogen-bond donors (Lipinski definition) is 2. The summed E-state index contributed by atoms with van der Waals surface area (Å²) < 4.78 is 18.2. The topological polar surface area (TPSA) is 62.5 Å². The van der Waals surface area contributed by atoms with Crippen molar-refractivity contribution in [2.45, 2.75) is 13.1 Å². The third-order valence-corrected chi connectivity index (χ3v) is 2.56. The number of guanidine groups is 1. The summed E-state index contributed by atoms with van der Waals surface area (Å²) in [5.41, 5.74) is 1.36. The van der Waals surface area contributed by atoms with E-state index in [9.17, 15) is 4.39 Å². The molecule has 5 nitrogen and oxygen atoms in total. The lowest BCUT2D eigenvalue weighted by Crippen LogP contribution is -2.36. The van der Waals surface area contributed by atoms with Crippen molar-refractivity contribution < 1.29 is 8.91 Å². The molecule has 0 radical (unpaired) electrons. The average molecular weight is 262 g/mol. The predicted octanol–water partition coefficient (Wildman–Crippen LogP) is 1.68. The Labute approximate surface area is 110 Å². The molecule has 19 heavy (non-hydrogen) atoms. The van der Waals surface area contributed by atoms with E-state index in [-0.39, 0.29) is 5.82 Å². The minimum Gasteiger partial charge on any atom is -0.364 e. The monoisotopic (exact) mass is 262 g/mol. The summed E-state index contributed by atoms with van der Waals surface area (Å²) in [6, 6.07) is 8.38. The molecule has 1 aromatic heterocycles. The number of aromatic nitrogens is 1. The van der Waals surface area contributed by atoms with Crippen LogP contribution in [-0.2, 0) is 13.1 Å². The van der Waals surface area contributed by atoms with Crippen LogP contribution in [-0.4, -0.2) is 18.2 Å². The number of benzene rings is 1. The summed E-state index contributed by atoms with van der Waals surface area (Å²) in [5.74, 6) is 0.341. The van der Waals surface area contributed by atoms with E-state index in [1.54, 1.807) is 31.3 Å². The van der Waals surface area contributed by atoms with Crippen molar-refractivity contribution in [1.29, 1.82) is 0 Å². The second-order valence-electron chi connectivity index (χ2n) is 3.86. The Morgan fingerprint density at radius 3 is 2.74 bits per heavy atom. The van der Waals surface area contributed by atoms with Crippen molar-refractivity contribution in [2.24, 2.45) is 4.99 Å². The fourth-order valence-corrected chi connectivity index (χ4v) is 1.54. The molecule has 0 saturated carbocycles. The molecule has 1 heterocycles. The van der Waals surface area contributed by atoms with Crippen LogP contribution >= 0.6 is 0 Å². The molecule has 2 N–H and O–H groups in total. The van der Waals surface area contributed by atoms with Crippen molar-refractivity contribution in [3.05, 3.63) is 53.7 Å². The number of halogens is 1. The van der Waals surface area contributed by atoms with Gasteiger partial charge in [-0.2, -0.15) is 0 Å². The third kappa shape index (κ3) is 3.80. The Morgan fingerprint density at radius 2 is 2.05 bits per heavy atom. The van der Waals surface area contributed by atoms with Crippen LogP contribution in [0.25, 0.3) is 0 Å². The quantitative estimate of drug-likeness (QED) is 0.650. The minimum atomic E-state index is -0.234. The van der Waals surface area contributed by atoms with E-state index < -0.39 is 0 Å². The van der Waals surface area contributed by atoms with Gasteiger partial charge in [-0.1, -0.05) is 23.4 Å². The van der Waals surface area contributed by atoms with Gasteiger partial charge >= 0.3 is 0 Å². The van der Waals surface area contributed by atoms with E-state index in [2.05, 4.69) is 20.8 Å². The highest BCUT2D eigenvalue weighted by molar-refractivity contribution is 5.79. The highest BCUT2D eigenvalue weighted by Crippen LogP contribution is 2.05. The maximum absolute atomic E-state index is 13.4. The molecule has 1 aromatic carbocycles. The van der Waals surface area contributed by atoms with Gasteiger partial charge in [0.05, 0.1) is 6.54 Å². The number of rotatable bonds is 4. The van der Waals surface area contributed by atoms with Crippen molar-refractivity contribution in [1.82, 2.24) is 15.8 Å². The highest BCUT2D eigenvalue weighted by Gasteiger charge is 2.03. The standard InChI is InChI=1S/C13H15FN4O/c1-15-13(17-9-11-6-7-19-18-11)16-8-10-4-2-3-5-12(10)14/h2-7H,8-9H2,1H3,(H2,15,16,17). The zero-order chi connectivity index (χ0) is 13.5. The average Bonchev–Trinajstić information content (AvgIpc) is 2.94. The van der Waals surface area contributed by atoms with E-state index in [4.69, 9.17) is 4.52 Å². The molecule has 2 rings (SSSR count). The fraction of sp³-hybridized carbons (Fsp3) is 0.231. The van der Waals surface area contributed by atoms with Gasteiger partial charge in [-0.05, 0) is 6.07 Å². The number of nitrogens with zero attached hydrogens (tertiary/aromatic N) is 2. The van der Waals surface area contributed by atoms with Gasteiger partial charge in [0.2, 0.25) is 0 Å². The predicted molar refractivity (Wildman–Crippen MR) is 69.9 cm³/mol. The molecule has 0 amide bonds. The lowest BCUT2D eigenvalue weighted by atomic mass is 10.2. The summed E-state index contributed by atoms with van der Waals surface area (Å²) >= 11 is 0. The molecule has 0 aliphatic rings. The largest absolute Gasteiger partial charge is 0.364 e. The molecule has 100 valence electrons. The molecule has 2 aromatic rings. The van der Waals surface area contributed by atoms with Gasteiger partial charge < -0.3 is 15.2 Å². The van der Waals surface area contributed by atoms with E-state index in [1.165, 1.54) is 12.3 Å². The molecule has 0 atom stereocenters. The lowest BCUT2D eigenvalue weighted by Gasteiger charge is -2.11. The smallest absolute Gasteiger partial charge is 0.191 e. The minimum absolute atomic E-state index is 0.234. The fourth-order valence-electron chi connectivity index (χ4n) is 1.54. The van der Waals surface area contributed by atoms with Crippen molar-refractivity contribution in [3.8, 4) is 0 Å². The Balaban J connectivity index is 1.85. The van der Waals surface area contributed by atoms with Crippen molar-refractivity contribution in [3.63, 3.8) is 0 Å². The van der Waals surface area contributed by atoms with Crippen LogP contribution in [0.15, 0.2) is 46.1 Å². The normalized spacial score (nSPS) is 11.4. The molecule has 0 saturated heterocycles. The molecule has 0 unspecified atom stereocenters. The molecular weight excluding hydrogens is 247 g/mol. The Hall–Kier alpha value is -2.37. The number of aliphatic imine (C=N–C) groups is 1. The van der Waals surface area contributed by atoms with Crippen LogP contribution in [0.2, 0.25) is 0 Å². The first kappa shape index (κ1) is 13.1. The van der Waals surface area contributed by atoms with Crippen LogP contribution in [0.4, 0.5) is 4.39 Å². The molecule has 0 fully saturated rings. The van der Waals surface area contributed by atoms with Crippen LogP contribution in [0, 0.1) is 5.82 Å². The van der Waals surface area contributed by atoms with Crippen LogP contribution in [0.5, 0.6) is 0 Å². The van der Waals surface area contributed by atoms with Gasteiger partial charge in [0.25, 0.3) is 0 Å². The first-order valence-corrected chi connectivity index (χ1v) is 5.87.